The summed E-state index contributed by atoms with van der Waals surface area (Å²) in [7, 11) is 3.20. The minimum absolute atomic E-state index is 0.269. The molecular formula is C13H19N5. The van der Waals surface area contributed by atoms with Crippen molar-refractivity contribution in [3.05, 3.63) is 29.3 Å². The second kappa shape index (κ2) is 5.95. The molecule has 4 N–H and O–H groups in total. The molecule has 0 fully saturated rings. The van der Waals surface area contributed by atoms with Crippen LogP contribution in [0.15, 0.2) is 33.2 Å². The van der Waals surface area contributed by atoms with Crippen molar-refractivity contribution < 1.29 is 0 Å². The molecule has 0 heterocycles. The van der Waals surface area contributed by atoms with Crippen LogP contribution in [0.3, 0.4) is 0 Å². The Morgan fingerprint density at radius 2 is 1.44 bits per heavy atom. The second-order valence-electron chi connectivity index (χ2n) is 4.02. The van der Waals surface area contributed by atoms with Crippen LogP contribution in [-0.4, -0.2) is 31.5 Å². The third kappa shape index (κ3) is 3.41. The fourth-order valence-electron chi connectivity index (χ4n) is 1.67. The number of hydrogen-bond donors (Lipinski definition) is 2. The van der Waals surface area contributed by atoms with Crippen LogP contribution < -0.4 is 11.5 Å². The molecule has 0 saturated carbocycles. The van der Waals surface area contributed by atoms with E-state index in [-0.39, 0.29) is 11.7 Å². The lowest BCUT2D eigenvalue weighted by Gasteiger charge is -2.05. The van der Waals surface area contributed by atoms with Crippen molar-refractivity contribution in [2.45, 2.75) is 13.8 Å². The highest BCUT2D eigenvalue weighted by Gasteiger charge is 2.08. The molecule has 1 aromatic carbocycles. The molecule has 1 aromatic rings. The maximum atomic E-state index is 5.90. The summed E-state index contributed by atoms with van der Waals surface area (Å²) in [5.74, 6) is 0.550. The standard InChI is InChI=1S/C13H19N5/c1-8-5-9(2)7-10(6-8)18-13(15)11(16-3)12(14)17-4/h5-7H,1-4H3,(H2,14,17)(H2,15,18). The van der Waals surface area contributed by atoms with Crippen LogP contribution in [0.5, 0.6) is 0 Å². The van der Waals surface area contributed by atoms with Gasteiger partial charge in [-0.2, -0.15) is 0 Å². The van der Waals surface area contributed by atoms with Crippen molar-refractivity contribution in [3.63, 3.8) is 0 Å². The maximum absolute atomic E-state index is 5.90. The molecule has 5 heteroatoms. The Labute approximate surface area is 107 Å². The molecular weight excluding hydrogens is 226 g/mol. The smallest absolute Gasteiger partial charge is 0.153 e. The SMILES string of the molecule is CN=C(N)C(=NC)C(N)=Nc1cc(C)cc(C)c1. The minimum atomic E-state index is 0.269. The Balaban J connectivity index is 3.16. The van der Waals surface area contributed by atoms with Gasteiger partial charge in [-0.3, -0.25) is 9.98 Å². The normalized spacial score (nSPS) is 13.9. The van der Waals surface area contributed by atoms with Gasteiger partial charge in [-0.15, -0.1) is 0 Å². The highest BCUT2D eigenvalue weighted by atomic mass is 15.0. The van der Waals surface area contributed by atoms with Gasteiger partial charge in [0.05, 0.1) is 5.69 Å². The third-order valence-electron chi connectivity index (χ3n) is 2.41. The number of aryl methyl sites for hydroxylation is 2. The molecule has 0 saturated heterocycles. The number of hydrogen-bond acceptors (Lipinski definition) is 3. The van der Waals surface area contributed by atoms with Gasteiger partial charge in [-0.1, -0.05) is 6.07 Å². The first-order valence-corrected chi connectivity index (χ1v) is 5.60. The van der Waals surface area contributed by atoms with Gasteiger partial charge < -0.3 is 11.5 Å². The predicted octanol–water partition coefficient (Wildman–Crippen LogP) is 1.35. The van der Waals surface area contributed by atoms with E-state index in [1.165, 1.54) is 0 Å². The topological polar surface area (TPSA) is 89.1 Å². The van der Waals surface area contributed by atoms with E-state index in [0.29, 0.717) is 5.71 Å². The highest BCUT2D eigenvalue weighted by molar-refractivity contribution is 6.67. The van der Waals surface area contributed by atoms with Crippen molar-refractivity contribution in [2.75, 3.05) is 14.1 Å². The first-order chi connectivity index (χ1) is 8.47. The number of rotatable bonds is 3. The van der Waals surface area contributed by atoms with Gasteiger partial charge in [0.15, 0.2) is 5.84 Å². The van der Waals surface area contributed by atoms with Gasteiger partial charge in [0.2, 0.25) is 0 Å². The van der Waals surface area contributed by atoms with Crippen LogP contribution in [0.1, 0.15) is 11.1 Å². The second-order valence-corrected chi connectivity index (χ2v) is 4.02. The zero-order valence-electron chi connectivity index (χ0n) is 11.2. The lowest BCUT2D eigenvalue weighted by molar-refractivity contribution is 1.35. The first-order valence-electron chi connectivity index (χ1n) is 5.60. The van der Waals surface area contributed by atoms with Crippen LogP contribution in [0, 0.1) is 13.8 Å². The summed E-state index contributed by atoms with van der Waals surface area (Å²) >= 11 is 0. The van der Waals surface area contributed by atoms with Gasteiger partial charge in [-0.05, 0) is 37.1 Å². The average Bonchev–Trinajstić information content (AvgIpc) is 2.28. The first kappa shape index (κ1) is 13.9. The van der Waals surface area contributed by atoms with Gasteiger partial charge in [0, 0.05) is 14.1 Å². The van der Waals surface area contributed by atoms with Crippen LogP contribution in [0.2, 0.25) is 0 Å². The van der Waals surface area contributed by atoms with Crippen LogP contribution in [0.25, 0.3) is 0 Å². The van der Waals surface area contributed by atoms with E-state index in [0.717, 1.165) is 16.8 Å². The van der Waals surface area contributed by atoms with E-state index in [4.69, 9.17) is 11.5 Å². The minimum Gasteiger partial charge on any atom is -0.382 e. The van der Waals surface area contributed by atoms with E-state index in [2.05, 4.69) is 21.0 Å². The van der Waals surface area contributed by atoms with Crippen LogP contribution in [0.4, 0.5) is 5.69 Å². The molecule has 18 heavy (non-hydrogen) atoms. The fraction of sp³-hybridized carbons (Fsp3) is 0.308. The summed E-state index contributed by atoms with van der Waals surface area (Å²) < 4.78 is 0. The maximum Gasteiger partial charge on any atom is 0.153 e. The van der Waals surface area contributed by atoms with Crippen molar-refractivity contribution in [2.24, 2.45) is 26.4 Å². The summed E-state index contributed by atoms with van der Waals surface area (Å²) in [5.41, 5.74) is 15.1. The largest absolute Gasteiger partial charge is 0.382 e. The third-order valence-corrected chi connectivity index (χ3v) is 2.41. The molecule has 96 valence electrons. The highest BCUT2D eigenvalue weighted by Crippen LogP contribution is 2.16. The lowest BCUT2D eigenvalue weighted by Crippen LogP contribution is -2.35. The zero-order valence-corrected chi connectivity index (χ0v) is 11.2. The molecule has 0 radical (unpaired) electrons. The molecule has 1 rings (SSSR count). The molecule has 0 atom stereocenters. The zero-order chi connectivity index (χ0) is 13.7. The molecule has 0 unspecified atom stereocenters. The van der Waals surface area contributed by atoms with Crippen molar-refractivity contribution >= 4 is 23.1 Å². The fourth-order valence-corrected chi connectivity index (χ4v) is 1.67. The van der Waals surface area contributed by atoms with Gasteiger partial charge in [0.1, 0.15) is 11.5 Å². The summed E-state index contributed by atoms with van der Waals surface area (Å²) in [6.07, 6.45) is 0. The summed E-state index contributed by atoms with van der Waals surface area (Å²) in [6.45, 7) is 4.03. The van der Waals surface area contributed by atoms with Gasteiger partial charge in [0.25, 0.3) is 0 Å². The van der Waals surface area contributed by atoms with Crippen LogP contribution >= 0.6 is 0 Å². The average molecular weight is 245 g/mol. The Morgan fingerprint density at radius 1 is 0.889 bits per heavy atom. The Kier molecular flexibility index (Phi) is 4.59. The number of benzene rings is 1. The van der Waals surface area contributed by atoms with Gasteiger partial charge >= 0.3 is 0 Å². The van der Waals surface area contributed by atoms with Crippen molar-refractivity contribution in [1.82, 2.24) is 0 Å². The van der Waals surface area contributed by atoms with E-state index in [1.807, 2.05) is 26.0 Å². The molecule has 0 bridgehead atoms. The van der Waals surface area contributed by atoms with Gasteiger partial charge in [-0.25, -0.2) is 4.99 Å². The Bertz CT molecular complexity index is 506. The molecule has 0 aliphatic rings. The van der Waals surface area contributed by atoms with E-state index in [1.54, 1.807) is 14.1 Å². The predicted molar refractivity (Wildman–Crippen MR) is 78.1 cm³/mol. The Morgan fingerprint density at radius 3 is 1.89 bits per heavy atom. The van der Waals surface area contributed by atoms with E-state index in [9.17, 15) is 0 Å². The Hall–Kier alpha value is -2.17. The summed E-state index contributed by atoms with van der Waals surface area (Å²) in [6, 6.07) is 5.98. The molecule has 0 amide bonds. The molecule has 0 aromatic heterocycles. The number of amidine groups is 2. The summed E-state index contributed by atoms with van der Waals surface area (Å²) in [5, 5.41) is 0. The van der Waals surface area contributed by atoms with Crippen LogP contribution in [-0.2, 0) is 0 Å². The lowest BCUT2D eigenvalue weighted by atomic mass is 10.1. The number of nitrogens with zero attached hydrogens (tertiary/aromatic N) is 3. The molecule has 0 spiro atoms. The van der Waals surface area contributed by atoms with E-state index < -0.39 is 0 Å². The quantitative estimate of drug-likeness (QED) is 0.621. The molecule has 0 aliphatic heterocycles. The number of aliphatic imine (C=N–C) groups is 3. The van der Waals surface area contributed by atoms with Crippen molar-refractivity contribution in [3.8, 4) is 0 Å². The van der Waals surface area contributed by atoms with E-state index >= 15 is 0 Å². The molecule has 5 nitrogen and oxygen atoms in total. The number of nitrogens with two attached hydrogens (primary N) is 2. The monoisotopic (exact) mass is 245 g/mol. The van der Waals surface area contributed by atoms with Crippen molar-refractivity contribution in [1.29, 1.82) is 0 Å². The summed E-state index contributed by atoms with van der Waals surface area (Å²) in [4.78, 5) is 12.2. The molecule has 0 aliphatic carbocycles.